The average Bonchev–Trinajstić information content (AvgIpc) is 3.42. The Morgan fingerprint density at radius 3 is 2.79 bits per heavy atom. The molecule has 0 spiro atoms. The highest BCUT2D eigenvalue weighted by molar-refractivity contribution is 9.10. The second-order valence-corrected chi connectivity index (χ2v) is 8.54. The molecule has 144 valence electrons. The van der Waals surface area contributed by atoms with Gasteiger partial charge in [0.1, 0.15) is 5.82 Å². The number of nitrogens with one attached hydrogen (secondary N) is 1. The van der Waals surface area contributed by atoms with E-state index in [2.05, 4.69) is 31.4 Å². The molecule has 1 saturated carbocycles. The molecule has 0 bridgehead atoms. The molecular formula is C20H18BrFN4OS. The van der Waals surface area contributed by atoms with Gasteiger partial charge in [0.25, 0.3) is 0 Å². The maximum absolute atomic E-state index is 14.2. The molecular weight excluding hydrogens is 443 g/mol. The zero-order valence-electron chi connectivity index (χ0n) is 15.2. The van der Waals surface area contributed by atoms with Crippen LogP contribution in [0.4, 0.5) is 10.1 Å². The van der Waals surface area contributed by atoms with Crippen molar-refractivity contribution in [2.45, 2.75) is 31.0 Å². The molecule has 2 aromatic carbocycles. The topological polar surface area (TPSA) is 59.8 Å². The number of anilines is 1. The molecule has 5 nitrogen and oxygen atoms in total. The number of nitrogens with zero attached hydrogens (tertiary/aromatic N) is 3. The van der Waals surface area contributed by atoms with Gasteiger partial charge in [0.05, 0.1) is 11.3 Å². The van der Waals surface area contributed by atoms with Crippen LogP contribution in [0.3, 0.4) is 0 Å². The zero-order chi connectivity index (χ0) is 19.7. The minimum atomic E-state index is -0.322. The van der Waals surface area contributed by atoms with Crippen LogP contribution in [0.25, 0.3) is 11.4 Å². The van der Waals surface area contributed by atoms with Crippen LogP contribution >= 0.6 is 27.7 Å². The van der Waals surface area contributed by atoms with Crippen molar-refractivity contribution in [3.8, 4) is 11.4 Å². The van der Waals surface area contributed by atoms with E-state index in [1.807, 2.05) is 29.7 Å². The molecule has 1 amide bonds. The number of carbonyl (C=O) groups excluding carboxylic acids is 1. The summed E-state index contributed by atoms with van der Waals surface area (Å²) in [5.41, 5.74) is 2.20. The summed E-state index contributed by atoms with van der Waals surface area (Å²) < 4.78 is 17.1. The van der Waals surface area contributed by atoms with E-state index < -0.39 is 0 Å². The van der Waals surface area contributed by atoms with Crippen LogP contribution in [-0.4, -0.2) is 26.4 Å². The van der Waals surface area contributed by atoms with Gasteiger partial charge in [-0.3, -0.25) is 9.36 Å². The fourth-order valence-corrected chi connectivity index (χ4v) is 4.23. The summed E-state index contributed by atoms with van der Waals surface area (Å²) in [5, 5.41) is 12.0. The van der Waals surface area contributed by atoms with Gasteiger partial charge >= 0.3 is 0 Å². The van der Waals surface area contributed by atoms with Gasteiger partial charge in [-0.15, -0.1) is 10.2 Å². The van der Waals surface area contributed by atoms with Crippen LogP contribution in [-0.2, 0) is 4.79 Å². The first-order valence-electron chi connectivity index (χ1n) is 8.91. The highest BCUT2D eigenvalue weighted by atomic mass is 79.9. The van der Waals surface area contributed by atoms with Crippen molar-refractivity contribution in [1.82, 2.24) is 14.8 Å². The van der Waals surface area contributed by atoms with Crippen molar-refractivity contribution in [1.29, 1.82) is 0 Å². The summed E-state index contributed by atoms with van der Waals surface area (Å²) in [7, 11) is 0. The van der Waals surface area contributed by atoms with Gasteiger partial charge in [-0.05, 0) is 55.7 Å². The number of thioether (sulfide) groups is 1. The van der Waals surface area contributed by atoms with Gasteiger partial charge in [0.15, 0.2) is 11.0 Å². The Hall–Kier alpha value is -2.19. The minimum absolute atomic E-state index is 0.117. The number of rotatable bonds is 6. The predicted octanol–water partition coefficient (Wildman–Crippen LogP) is 5.22. The van der Waals surface area contributed by atoms with E-state index in [9.17, 15) is 9.18 Å². The smallest absolute Gasteiger partial charge is 0.234 e. The van der Waals surface area contributed by atoms with E-state index in [-0.39, 0.29) is 23.5 Å². The number of amides is 1. The Morgan fingerprint density at radius 1 is 1.29 bits per heavy atom. The lowest BCUT2D eigenvalue weighted by Crippen LogP contribution is -2.15. The standard InChI is InChI=1S/C20H18BrFN4OS/c1-12-10-13(21)6-9-17(12)23-18(27)11-28-20-25-24-19(26(20)14-7-8-14)15-4-2-3-5-16(15)22/h2-6,9-10,14H,7-8,11H2,1H3,(H,23,27). The van der Waals surface area contributed by atoms with Crippen LogP contribution in [0.15, 0.2) is 52.1 Å². The van der Waals surface area contributed by atoms with E-state index in [4.69, 9.17) is 0 Å². The van der Waals surface area contributed by atoms with Crippen molar-refractivity contribution in [2.75, 3.05) is 11.1 Å². The quantitative estimate of drug-likeness (QED) is 0.512. The van der Waals surface area contributed by atoms with Crippen molar-refractivity contribution in [3.05, 3.63) is 58.3 Å². The number of aryl methyl sites for hydroxylation is 1. The maximum Gasteiger partial charge on any atom is 0.234 e. The monoisotopic (exact) mass is 460 g/mol. The molecule has 28 heavy (non-hydrogen) atoms. The second-order valence-electron chi connectivity index (χ2n) is 6.68. The Balaban J connectivity index is 1.49. The van der Waals surface area contributed by atoms with Crippen molar-refractivity contribution < 1.29 is 9.18 Å². The first-order valence-corrected chi connectivity index (χ1v) is 10.7. The number of aromatic nitrogens is 3. The lowest BCUT2D eigenvalue weighted by molar-refractivity contribution is -0.113. The molecule has 0 atom stereocenters. The molecule has 4 rings (SSSR count). The number of carbonyl (C=O) groups is 1. The molecule has 3 aromatic rings. The summed E-state index contributed by atoms with van der Waals surface area (Å²) in [6.07, 6.45) is 2.02. The van der Waals surface area contributed by atoms with Crippen LogP contribution in [0.2, 0.25) is 0 Å². The second kappa shape index (κ2) is 8.05. The third-order valence-electron chi connectivity index (χ3n) is 4.49. The highest BCUT2D eigenvalue weighted by Crippen LogP contribution is 2.41. The van der Waals surface area contributed by atoms with Crippen molar-refractivity contribution in [3.63, 3.8) is 0 Å². The van der Waals surface area contributed by atoms with Crippen LogP contribution in [0.1, 0.15) is 24.4 Å². The first kappa shape index (κ1) is 19.1. The van der Waals surface area contributed by atoms with Crippen molar-refractivity contribution in [2.24, 2.45) is 0 Å². The van der Waals surface area contributed by atoms with Crippen molar-refractivity contribution >= 4 is 39.3 Å². The lowest BCUT2D eigenvalue weighted by atomic mass is 10.2. The molecule has 1 aliphatic carbocycles. The fourth-order valence-electron chi connectivity index (χ4n) is 2.95. The van der Waals surface area contributed by atoms with E-state index in [1.165, 1.54) is 17.8 Å². The number of benzene rings is 2. The number of hydrogen-bond acceptors (Lipinski definition) is 4. The van der Waals surface area contributed by atoms with E-state index in [0.717, 1.165) is 28.6 Å². The molecule has 1 fully saturated rings. The summed E-state index contributed by atoms with van der Waals surface area (Å²) in [4.78, 5) is 12.4. The zero-order valence-corrected chi connectivity index (χ0v) is 17.6. The largest absolute Gasteiger partial charge is 0.325 e. The SMILES string of the molecule is Cc1cc(Br)ccc1NC(=O)CSc1nnc(-c2ccccc2F)n1C1CC1. The first-order chi connectivity index (χ1) is 13.5. The average molecular weight is 461 g/mol. The van der Waals surface area contributed by atoms with Crippen LogP contribution in [0.5, 0.6) is 0 Å². The molecule has 1 heterocycles. The van der Waals surface area contributed by atoms with E-state index >= 15 is 0 Å². The Morgan fingerprint density at radius 2 is 2.07 bits per heavy atom. The molecule has 1 aliphatic rings. The normalized spacial score (nSPS) is 13.5. The van der Waals surface area contributed by atoms with E-state index in [0.29, 0.717) is 16.5 Å². The molecule has 0 radical (unpaired) electrons. The predicted molar refractivity (Wildman–Crippen MR) is 112 cm³/mol. The molecule has 1 N–H and O–H groups in total. The molecule has 0 saturated heterocycles. The Labute approximate surface area is 174 Å². The third-order valence-corrected chi connectivity index (χ3v) is 5.92. The Bertz CT molecular complexity index is 1030. The maximum atomic E-state index is 14.2. The number of halogens is 2. The minimum Gasteiger partial charge on any atom is -0.325 e. The summed E-state index contributed by atoms with van der Waals surface area (Å²) >= 11 is 4.74. The van der Waals surface area contributed by atoms with Gasteiger partial charge in [-0.2, -0.15) is 0 Å². The van der Waals surface area contributed by atoms with Gasteiger partial charge in [0.2, 0.25) is 5.91 Å². The number of hydrogen-bond donors (Lipinski definition) is 1. The molecule has 0 unspecified atom stereocenters. The third kappa shape index (κ3) is 4.12. The summed E-state index contributed by atoms with van der Waals surface area (Å²) in [6.45, 7) is 1.94. The lowest BCUT2D eigenvalue weighted by Gasteiger charge is -2.10. The molecule has 8 heteroatoms. The highest BCUT2D eigenvalue weighted by Gasteiger charge is 2.31. The molecule has 0 aliphatic heterocycles. The van der Waals surface area contributed by atoms with Gasteiger partial charge in [0, 0.05) is 16.2 Å². The molecule has 1 aromatic heterocycles. The van der Waals surface area contributed by atoms with Gasteiger partial charge in [-0.25, -0.2) is 4.39 Å². The Kier molecular flexibility index (Phi) is 5.50. The van der Waals surface area contributed by atoms with Gasteiger partial charge < -0.3 is 5.32 Å². The van der Waals surface area contributed by atoms with E-state index in [1.54, 1.807) is 18.2 Å². The summed E-state index contributed by atoms with van der Waals surface area (Å²) in [5.74, 6) is 0.287. The fraction of sp³-hybridized carbons (Fsp3) is 0.250. The summed E-state index contributed by atoms with van der Waals surface area (Å²) in [6, 6.07) is 12.5. The van der Waals surface area contributed by atoms with Crippen LogP contribution < -0.4 is 5.32 Å². The van der Waals surface area contributed by atoms with Crippen LogP contribution in [0, 0.1) is 12.7 Å². The van der Waals surface area contributed by atoms with Gasteiger partial charge in [-0.1, -0.05) is 39.8 Å².